The van der Waals surface area contributed by atoms with Crippen molar-refractivity contribution in [2.45, 2.75) is 64.5 Å². The molecule has 19 heavy (non-hydrogen) atoms. The summed E-state index contributed by atoms with van der Waals surface area (Å²) in [4.78, 5) is 22.5. The molecule has 1 amide bonds. The van der Waals surface area contributed by atoms with E-state index in [1.165, 1.54) is 12.8 Å². The molecule has 2 aliphatic rings. The first-order valence-electron chi connectivity index (χ1n) is 7.32. The molecule has 2 fully saturated rings. The molecule has 0 spiro atoms. The van der Waals surface area contributed by atoms with Gasteiger partial charge in [-0.1, -0.05) is 0 Å². The van der Waals surface area contributed by atoms with E-state index in [4.69, 9.17) is 4.74 Å². The molecule has 2 bridgehead atoms. The number of carbonyl (C=O) groups excluding carboxylic acids is 2. The maximum atomic E-state index is 11.8. The lowest BCUT2D eigenvalue weighted by molar-refractivity contribution is -0.109. The number of nitrogens with one attached hydrogen (secondary N) is 1. The summed E-state index contributed by atoms with van der Waals surface area (Å²) in [7, 11) is 0. The van der Waals surface area contributed by atoms with Crippen LogP contribution in [0.4, 0.5) is 4.79 Å². The van der Waals surface area contributed by atoms with Gasteiger partial charge in [-0.2, -0.15) is 0 Å². The van der Waals surface area contributed by atoms with Gasteiger partial charge in [0.2, 0.25) is 0 Å². The van der Waals surface area contributed by atoms with Crippen LogP contribution >= 0.6 is 0 Å². The van der Waals surface area contributed by atoms with Gasteiger partial charge in [0.05, 0.1) is 0 Å². The van der Waals surface area contributed by atoms with Crippen molar-refractivity contribution >= 4 is 12.4 Å². The molecular weight excluding hydrogens is 242 g/mol. The van der Waals surface area contributed by atoms with Gasteiger partial charge in [0, 0.05) is 12.5 Å². The Morgan fingerprint density at radius 3 is 2.32 bits per heavy atom. The predicted octanol–water partition coefficient (Wildman–Crippen LogP) is 2.90. The normalized spacial score (nSPS) is 33.8. The first-order chi connectivity index (χ1) is 8.89. The van der Waals surface area contributed by atoms with E-state index in [0.29, 0.717) is 24.2 Å². The zero-order chi connectivity index (χ0) is 14.0. The molecule has 0 saturated heterocycles. The maximum Gasteiger partial charge on any atom is 0.407 e. The van der Waals surface area contributed by atoms with Gasteiger partial charge in [-0.15, -0.1) is 0 Å². The Hall–Kier alpha value is -1.06. The van der Waals surface area contributed by atoms with E-state index in [1.807, 2.05) is 20.8 Å². The van der Waals surface area contributed by atoms with Crippen LogP contribution in [0.25, 0.3) is 0 Å². The topological polar surface area (TPSA) is 55.4 Å². The van der Waals surface area contributed by atoms with Crippen LogP contribution in [-0.2, 0) is 9.53 Å². The molecule has 2 saturated carbocycles. The van der Waals surface area contributed by atoms with Crippen molar-refractivity contribution in [3.8, 4) is 0 Å². The Balaban J connectivity index is 1.85. The minimum atomic E-state index is -0.447. The molecule has 0 radical (unpaired) electrons. The van der Waals surface area contributed by atoms with Crippen LogP contribution in [0, 0.1) is 17.8 Å². The molecule has 2 atom stereocenters. The zero-order valence-electron chi connectivity index (χ0n) is 12.1. The number of rotatable bonds is 3. The molecule has 2 unspecified atom stereocenters. The lowest BCUT2D eigenvalue weighted by Gasteiger charge is -2.35. The van der Waals surface area contributed by atoms with Crippen molar-refractivity contribution in [2.24, 2.45) is 17.8 Å². The van der Waals surface area contributed by atoms with E-state index in [-0.39, 0.29) is 12.1 Å². The van der Waals surface area contributed by atoms with Gasteiger partial charge < -0.3 is 14.8 Å². The van der Waals surface area contributed by atoms with Gasteiger partial charge in [-0.05, 0) is 64.2 Å². The molecule has 0 heterocycles. The molecule has 108 valence electrons. The van der Waals surface area contributed by atoms with E-state index >= 15 is 0 Å². The van der Waals surface area contributed by atoms with Crippen molar-refractivity contribution in [3.63, 3.8) is 0 Å². The number of carbonyl (C=O) groups is 2. The third-order valence-corrected chi connectivity index (χ3v) is 4.38. The van der Waals surface area contributed by atoms with Crippen molar-refractivity contribution in [3.05, 3.63) is 0 Å². The lowest BCUT2D eigenvalue weighted by atomic mass is 9.75. The van der Waals surface area contributed by atoms with E-state index in [9.17, 15) is 9.59 Å². The Kier molecular flexibility index (Phi) is 4.16. The summed E-state index contributed by atoms with van der Waals surface area (Å²) in [6.07, 6.45) is 5.82. The highest BCUT2D eigenvalue weighted by atomic mass is 16.6. The Bertz CT molecular complexity index is 334. The van der Waals surface area contributed by atoms with Gasteiger partial charge in [0.1, 0.15) is 11.9 Å². The molecule has 0 aliphatic heterocycles. The van der Waals surface area contributed by atoms with E-state index in [2.05, 4.69) is 5.32 Å². The van der Waals surface area contributed by atoms with Crippen LogP contribution < -0.4 is 5.32 Å². The molecule has 4 nitrogen and oxygen atoms in total. The van der Waals surface area contributed by atoms with Crippen LogP contribution in [0.1, 0.15) is 52.9 Å². The fourth-order valence-electron chi connectivity index (χ4n) is 3.74. The number of amides is 1. The summed E-state index contributed by atoms with van der Waals surface area (Å²) in [5, 5.41) is 2.99. The lowest BCUT2D eigenvalue weighted by Crippen LogP contribution is -2.43. The van der Waals surface area contributed by atoms with Gasteiger partial charge in [0.15, 0.2) is 0 Å². The Morgan fingerprint density at radius 1 is 1.26 bits per heavy atom. The second-order valence-electron chi connectivity index (χ2n) is 6.98. The molecule has 0 aromatic heterocycles. The fraction of sp³-hybridized carbons (Fsp3) is 0.867. The smallest absolute Gasteiger partial charge is 0.407 e. The van der Waals surface area contributed by atoms with Crippen molar-refractivity contribution < 1.29 is 14.3 Å². The molecule has 0 aromatic rings. The SMILES string of the molecule is CC(C)(C)OC(=O)NC1CC2CCC(C1)C2CC=O. The number of aldehydes is 1. The van der Waals surface area contributed by atoms with Crippen LogP contribution in [-0.4, -0.2) is 24.0 Å². The van der Waals surface area contributed by atoms with E-state index < -0.39 is 5.60 Å². The van der Waals surface area contributed by atoms with E-state index in [1.54, 1.807) is 0 Å². The summed E-state index contributed by atoms with van der Waals surface area (Å²) >= 11 is 0. The summed E-state index contributed by atoms with van der Waals surface area (Å²) in [5.74, 6) is 1.75. The van der Waals surface area contributed by atoms with Gasteiger partial charge in [-0.3, -0.25) is 0 Å². The molecule has 1 N–H and O–H groups in total. The first-order valence-corrected chi connectivity index (χ1v) is 7.32. The van der Waals surface area contributed by atoms with Gasteiger partial charge in [-0.25, -0.2) is 4.79 Å². The average molecular weight is 267 g/mol. The third-order valence-electron chi connectivity index (χ3n) is 4.38. The molecule has 2 rings (SSSR count). The second-order valence-corrected chi connectivity index (χ2v) is 6.98. The second kappa shape index (κ2) is 5.51. The fourth-order valence-corrected chi connectivity index (χ4v) is 3.74. The minimum absolute atomic E-state index is 0.218. The molecule has 0 aromatic carbocycles. The Labute approximate surface area is 115 Å². The van der Waals surface area contributed by atoms with E-state index in [0.717, 1.165) is 19.1 Å². The maximum absolute atomic E-state index is 11.8. The molecule has 2 aliphatic carbocycles. The number of ether oxygens (including phenoxy) is 1. The average Bonchev–Trinajstić information content (AvgIpc) is 2.51. The summed E-state index contributed by atoms with van der Waals surface area (Å²) in [6, 6.07) is 0.218. The Morgan fingerprint density at radius 2 is 1.84 bits per heavy atom. The third kappa shape index (κ3) is 3.71. The predicted molar refractivity (Wildman–Crippen MR) is 72.8 cm³/mol. The van der Waals surface area contributed by atoms with Crippen molar-refractivity contribution in [1.82, 2.24) is 5.32 Å². The first kappa shape index (κ1) is 14.4. The monoisotopic (exact) mass is 267 g/mol. The molecule has 4 heteroatoms. The van der Waals surface area contributed by atoms with Crippen LogP contribution in [0.2, 0.25) is 0 Å². The number of fused-ring (bicyclic) bond motifs is 2. The minimum Gasteiger partial charge on any atom is -0.444 e. The largest absolute Gasteiger partial charge is 0.444 e. The number of hydrogen-bond acceptors (Lipinski definition) is 3. The molecular formula is C15H25NO3. The van der Waals surface area contributed by atoms with Crippen LogP contribution in [0.5, 0.6) is 0 Å². The summed E-state index contributed by atoms with van der Waals surface area (Å²) in [5.41, 5.74) is -0.447. The van der Waals surface area contributed by atoms with Gasteiger partial charge >= 0.3 is 6.09 Å². The standard InChI is InChI=1S/C15H25NO3/c1-15(2,3)19-14(18)16-12-8-10-4-5-11(9-12)13(10)6-7-17/h7,10-13H,4-6,8-9H2,1-3H3,(H,16,18). The van der Waals surface area contributed by atoms with Crippen LogP contribution in [0.15, 0.2) is 0 Å². The summed E-state index contributed by atoms with van der Waals surface area (Å²) < 4.78 is 5.30. The highest BCUT2D eigenvalue weighted by Gasteiger charge is 2.42. The zero-order valence-corrected chi connectivity index (χ0v) is 12.1. The quantitative estimate of drug-likeness (QED) is 0.800. The highest BCUT2D eigenvalue weighted by Crippen LogP contribution is 2.48. The number of alkyl carbamates (subject to hydrolysis) is 1. The van der Waals surface area contributed by atoms with Crippen LogP contribution in [0.3, 0.4) is 0 Å². The van der Waals surface area contributed by atoms with Gasteiger partial charge in [0.25, 0.3) is 0 Å². The van der Waals surface area contributed by atoms with Crippen molar-refractivity contribution in [1.29, 1.82) is 0 Å². The highest BCUT2D eigenvalue weighted by molar-refractivity contribution is 5.68. The number of hydrogen-bond donors (Lipinski definition) is 1. The van der Waals surface area contributed by atoms with Crippen molar-refractivity contribution in [2.75, 3.05) is 0 Å². The summed E-state index contributed by atoms with van der Waals surface area (Å²) in [6.45, 7) is 5.62.